The molecule has 0 fully saturated rings. The molecule has 0 saturated heterocycles. The molecule has 5 nitrogen and oxygen atoms in total. The number of rotatable bonds is 4. The normalized spacial score (nSPS) is 11.1. The third kappa shape index (κ3) is 3.93. The predicted molar refractivity (Wildman–Crippen MR) is 85.0 cm³/mol. The van der Waals surface area contributed by atoms with Gasteiger partial charge in [-0.15, -0.1) is 0 Å². The Kier molecular flexibility index (Phi) is 5.13. The van der Waals surface area contributed by atoms with Crippen molar-refractivity contribution in [3.05, 3.63) is 57.8 Å². The van der Waals surface area contributed by atoms with Crippen molar-refractivity contribution in [1.29, 1.82) is 0 Å². The molecule has 2 rings (SSSR count). The molecule has 0 spiro atoms. The maximum atomic E-state index is 13.3. The number of hydrogen-bond donors (Lipinski definition) is 1. The van der Waals surface area contributed by atoms with Crippen molar-refractivity contribution in [2.24, 2.45) is 0 Å². The van der Waals surface area contributed by atoms with Crippen LogP contribution in [0.15, 0.2) is 41.3 Å². The van der Waals surface area contributed by atoms with Crippen LogP contribution in [-0.2, 0) is 14.8 Å². The van der Waals surface area contributed by atoms with E-state index in [1.54, 1.807) is 0 Å². The Hall–Kier alpha value is -1.83. The number of methoxy groups -OCH3 is 1. The Morgan fingerprint density at radius 1 is 1.13 bits per heavy atom. The molecule has 0 saturated carbocycles. The van der Waals surface area contributed by atoms with Crippen LogP contribution in [0.25, 0.3) is 0 Å². The Bertz CT molecular complexity index is 871. The molecule has 0 heterocycles. The minimum atomic E-state index is -4.05. The molecule has 0 aliphatic rings. The quantitative estimate of drug-likeness (QED) is 0.824. The van der Waals surface area contributed by atoms with Gasteiger partial charge in [0.2, 0.25) is 0 Å². The van der Waals surface area contributed by atoms with Gasteiger partial charge in [-0.05, 0) is 36.4 Å². The summed E-state index contributed by atoms with van der Waals surface area (Å²) in [5.41, 5.74) is -0.375. The molecule has 1 N–H and O–H groups in total. The number of hydrogen-bond acceptors (Lipinski definition) is 4. The Morgan fingerprint density at radius 3 is 2.43 bits per heavy atom. The van der Waals surface area contributed by atoms with Crippen molar-refractivity contribution >= 4 is 44.9 Å². The third-order valence-electron chi connectivity index (χ3n) is 2.83. The van der Waals surface area contributed by atoms with Crippen molar-refractivity contribution < 1.29 is 22.3 Å². The topological polar surface area (TPSA) is 72.5 Å². The zero-order valence-corrected chi connectivity index (χ0v) is 14.0. The van der Waals surface area contributed by atoms with Crippen LogP contribution in [-0.4, -0.2) is 21.5 Å². The van der Waals surface area contributed by atoms with Gasteiger partial charge in [0.05, 0.1) is 33.3 Å². The van der Waals surface area contributed by atoms with Crippen molar-refractivity contribution in [2.75, 3.05) is 11.8 Å². The fraction of sp³-hybridized carbons (Fsp3) is 0.0714. The van der Waals surface area contributed by atoms with Crippen LogP contribution >= 0.6 is 23.2 Å². The fourth-order valence-corrected chi connectivity index (χ4v) is 3.20. The second-order valence-electron chi connectivity index (χ2n) is 4.36. The molecule has 2 aromatic carbocycles. The van der Waals surface area contributed by atoms with Gasteiger partial charge in [-0.1, -0.05) is 23.2 Å². The molecule has 0 aliphatic carbocycles. The van der Waals surface area contributed by atoms with Crippen LogP contribution < -0.4 is 4.72 Å². The molecular formula is C14H10Cl2FNO4S. The zero-order chi connectivity index (χ0) is 17.2. The lowest BCUT2D eigenvalue weighted by atomic mass is 10.2. The number of halogens is 3. The van der Waals surface area contributed by atoms with Crippen molar-refractivity contribution in [2.45, 2.75) is 4.90 Å². The van der Waals surface area contributed by atoms with E-state index in [0.29, 0.717) is 0 Å². The van der Waals surface area contributed by atoms with Gasteiger partial charge in [0.1, 0.15) is 5.82 Å². The van der Waals surface area contributed by atoms with Gasteiger partial charge < -0.3 is 4.74 Å². The largest absolute Gasteiger partial charge is 0.465 e. The smallest absolute Gasteiger partial charge is 0.340 e. The average molecular weight is 378 g/mol. The molecule has 2 aromatic rings. The summed E-state index contributed by atoms with van der Waals surface area (Å²) in [5.74, 6) is -1.58. The first-order chi connectivity index (χ1) is 10.7. The molecule has 0 amide bonds. The number of ether oxygens (including phenoxy) is 1. The maximum Gasteiger partial charge on any atom is 0.340 e. The number of esters is 1. The highest BCUT2D eigenvalue weighted by molar-refractivity contribution is 7.92. The molecule has 0 bridgehead atoms. The number of nitrogens with one attached hydrogen (secondary N) is 1. The van der Waals surface area contributed by atoms with E-state index in [-0.39, 0.29) is 26.2 Å². The SMILES string of the molecule is COC(=O)c1cc(F)ccc1NS(=O)(=O)c1ccc(Cl)c(Cl)c1. The predicted octanol–water partition coefficient (Wildman–Crippen LogP) is 3.72. The van der Waals surface area contributed by atoms with Gasteiger partial charge in [-0.2, -0.15) is 0 Å². The summed E-state index contributed by atoms with van der Waals surface area (Å²) in [7, 11) is -2.95. The Labute approximate surface area is 142 Å². The summed E-state index contributed by atoms with van der Waals surface area (Å²) < 4.78 is 44.7. The lowest BCUT2D eigenvalue weighted by Gasteiger charge is -2.12. The van der Waals surface area contributed by atoms with Crippen LogP contribution in [0.2, 0.25) is 10.0 Å². The highest BCUT2D eigenvalue weighted by Crippen LogP contribution is 2.27. The van der Waals surface area contributed by atoms with E-state index in [0.717, 1.165) is 31.4 Å². The monoisotopic (exact) mass is 377 g/mol. The van der Waals surface area contributed by atoms with Gasteiger partial charge >= 0.3 is 5.97 Å². The molecule has 0 aliphatic heterocycles. The fourth-order valence-electron chi connectivity index (χ4n) is 1.73. The zero-order valence-electron chi connectivity index (χ0n) is 11.6. The maximum absolute atomic E-state index is 13.3. The summed E-state index contributed by atoms with van der Waals surface area (Å²) in [5, 5.41) is 0.254. The van der Waals surface area contributed by atoms with E-state index in [1.165, 1.54) is 12.1 Å². The van der Waals surface area contributed by atoms with Gasteiger partial charge in [0.25, 0.3) is 10.0 Å². The van der Waals surface area contributed by atoms with Gasteiger partial charge in [0.15, 0.2) is 0 Å². The summed E-state index contributed by atoms with van der Waals surface area (Å²) in [6.07, 6.45) is 0. The Balaban J connectivity index is 2.45. The van der Waals surface area contributed by atoms with Crippen molar-refractivity contribution in [3.63, 3.8) is 0 Å². The minimum Gasteiger partial charge on any atom is -0.465 e. The first-order valence-corrected chi connectivity index (χ1v) is 8.34. The number of anilines is 1. The molecule has 9 heteroatoms. The summed E-state index contributed by atoms with van der Waals surface area (Å²) >= 11 is 11.5. The standard InChI is InChI=1S/C14H10Cl2FNO4S/c1-22-14(19)10-6-8(17)2-5-13(10)18-23(20,21)9-3-4-11(15)12(16)7-9/h2-7,18H,1H3. The van der Waals surface area contributed by atoms with Crippen LogP contribution in [0.4, 0.5) is 10.1 Å². The Morgan fingerprint density at radius 2 is 1.83 bits per heavy atom. The molecular weight excluding hydrogens is 368 g/mol. The van der Waals surface area contributed by atoms with E-state index in [4.69, 9.17) is 23.2 Å². The highest BCUT2D eigenvalue weighted by atomic mass is 35.5. The number of carbonyl (C=O) groups excluding carboxylic acids is 1. The summed E-state index contributed by atoms with van der Waals surface area (Å²) in [4.78, 5) is 11.5. The van der Waals surface area contributed by atoms with E-state index < -0.39 is 21.8 Å². The highest BCUT2D eigenvalue weighted by Gasteiger charge is 2.20. The molecule has 0 radical (unpaired) electrons. The lowest BCUT2D eigenvalue weighted by molar-refractivity contribution is 0.0601. The second kappa shape index (κ2) is 6.74. The van der Waals surface area contributed by atoms with Crippen LogP contribution in [0.3, 0.4) is 0 Å². The molecule has 23 heavy (non-hydrogen) atoms. The average Bonchev–Trinajstić information content (AvgIpc) is 2.50. The summed E-state index contributed by atoms with van der Waals surface area (Å²) in [6.45, 7) is 0. The number of benzene rings is 2. The lowest BCUT2D eigenvalue weighted by Crippen LogP contribution is -2.16. The van der Waals surface area contributed by atoms with E-state index in [2.05, 4.69) is 9.46 Å². The van der Waals surface area contributed by atoms with E-state index in [9.17, 15) is 17.6 Å². The molecule has 0 aromatic heterocycles. The summed E-state index contributed by atoms with van der Waals surface area (Å²) in [6, 6.07) is 6.74. The number of carbonyl (C=O) groups is 1. The van der Waals surface area contributed by atoms with Crippen LogP contribution in [0, 0.1) is 5.82 Å². The van der Waals surface area contributed by atoms with Gasteiger partial charge in [-0.3, -0.25) is 4.72 Å². The van der Waals surface area contributed by atoms with Gasteiger partial charge in [0, 0.05) is 0 Å². The van der Waals surface area contributed by atoms with E-state index >= 15 is 0 Å². The molecule has 0 unspecified atom stereocenters. The minimum absolute atomic E-state index is 0.0573. The van der Waals surface area contributed by atoms with Crippen LogP contribution in [0.1, 0.15) is 10.4 Å². The number of sulfonamides is 1. The van der Waals surface area contributed by atoms with Crippen molar-refractivity contribution in [1.82, 2.24) is 0 Å². The molecule has 0 atom stereocenters. The van der Waals surface area contributed by atoms with E-state index in [1.807, 2.05) is 0 Å². The molecule has 122 valence electrons. The van der Waals surface area contributed by atoms with Gasteiger partial charge in [-0.25, -0.2) is 17.6 Å². The first kappa shape index (κ1) is 17.5. The second-order valence-corrected chi connectivity index (χ2v) is 6.86. The van der Waals surface area contributed by atoms with Crippen molar-refractivity contribution in [3.8, 4) is 0 Å². The third-order valence-corrected chi connectivity index (χ3v) is 4.93. The first-order valence-electron chi connectivity index (χ1n) is 6.10. The van der Waals surface area contributed by atoms with Crippen LogP contribution in [0.5, 0.6) is 0 Å².